The van der Waals surface area contributed by atoms with Crippen molar-refractivity contribution in [1.29, 1.82) is 0 Å². The summed E-state index contributed by atoms with van der Waals surface area (Å²) in [6.45, 7) is 6.28. The Hall–Kier alpha value is -1.28. The molecular weight excluding hydrogens is 150 g/mol. The van der Waals surface area contributed by atoms with Crippen LogP contribution in [0, 0.1) is 0 Å². The van der Waals surface area contributed by atoms with Gasteiger partial charge in [0.25, 0.3) is 0 Å². The maximum absolute atomic E-state index is 5.43. The van der Waals surface area contributed by atoms with Crippen molar-refractivity contribution in [3.63, 3.8) is 0 Å². The van der Waals surface area contributed by atoms with Crippen molar-refractivity contribution in [1.82, 2.24) is 0 Å². The standard InChI is InChI=1S/C10H13NO/c1-8(9(2)7-11)6-10-4-3-5-12-10/h3-6H,2,7,11H2,1H3/b8-6+. The van der Waals surface area contributed by atoms with Gasteiger partial charge in [-0.1, -0.05) is 6.58 Å². The third-order valence-electron chi connectivity index (χ3n) is 1.71. The van der Waals surface area contributed by atoms with Gasteiger partial charge in [0, 0.05) is 6.54 Å². The Morgan fingerprint density at radius 3 is 3.00 bits per heavy atom. The lowest BCUT2D eigenvalue weighted by Crippen LogP contribution is -2.02. The predicted molar refractivity (Wildman–Crippen MR) is 50.6 cm³/mol. The second-order valence-corrected chi connectivity index (χ2v) is 2.65. The summed E-state index contributed by atoms with van der Waals surface area (Å²) in [7, 11) is 0. The minimum Gasteiger partial charge on any atom is -0.465 e. The van der Waals surface area contributed by atoms with Crippen molar-refractivity contribution in [2.75, 3.05) is 6.54 Å². The van der Waals surface area contributed by atoms with Crippen molar-refractivity contribution >= 4 is 6.08 Å². The molecule has 0 radical (unpaired) electrons. The van der Waals surface area contributed by atoms with Gasteiger partial charge in [-0.05, 0) is 36.3 Å². The average molecular weight is 163 g/mol. The van der Waals surface area contributed by atoms with E-state index in [-0.39, 0.29) is 0 Å². The zero-order chi connectivity index (χ0) is 8.97. The highest BCUT2D eigenvalue weighted by Gasteiger charge is 1.95. The van der Waals surface area contributed by atoms with Crippen LogP contribution in [0.1, 0.15) is 12.7 Å². The molecule has 2 nitrogen and oxygen atoms in total. The third kappa shape index (κ3) is 2.10. The van der Waals surface area contributed by atoms with Crippen LogP contribution in [-0.2, 0) is 0 Å². The average Bonchev–Trinajstić information content (AvgIpc) is 2.55. The van der Waals surface area contributed by atoms with Crippen LogP contribution < -0.4 is 5.73 Å². The summed E-state index contributed by atoms with van der Waals surface area (Å²) in [5.41, 5.74) is 7.43. The molecule has 64 valence electrons. The molecule has 1 heterocycles. The van der Waals surface area contributed by atoms with E-state index < -0.39 is 0 Å². The number of nitrogens with two attached hydrogens (primary N) is 1. The molecule has 2 heteroatoms. The lowest BCUT2D eigenvalue weighted by molar-refractivity contribution is 0.556. The number of hydrogen-bond acceptors (Lipinski definition) is 2. The fraction of sp³-hybridized carbons (Fsp3) is 0.200. The lowest BCUT2D eigenvalue weighted by atomic mass is 10.1. The van der Waals surface area contributed by atoms with Crippen LogP contribution in [0.25, 0.3) is 6.08 Å². The summed E-state index contributed by atoms with van der Waals surface area (Å²) >= 11 is 0. The van der Waals surface area contributed by atoms with E-state index in [0.717, 1.165) is 16.9 Å². The van der Waals surface area contributed by atoms with Gasteiger partial charge in [0.15, 0.2) is 0 Å². The van der Waals surface area contributed by atoms with E-state index in [1.165, 1.54) is 0 Å². The third-order valence-corrected chi connectivity index (χ3v) is 1.71. The quantitative estimate of drug-likeness (QED) is 0.694. The van der Waals surface area contributed by atoms with E-state index in [9.17, 15) is 0 Å². The van der Waals surface area contributed by atoms with Crippen LogP contribution in [0.5, 0.6) is 0 Å². The Morgan fingerprint density at radius 2 is 2.50 bits per heavy atom. The van der Waals surface area contributed by atoms with Crippen LogP contribution in [0.15, 0.2) is 40.5 Å². The fourth-order valence-corrected chi connectivity index (χ4v) is 0.850. The largest absolute Gasteiger partial charge is 0.465 e. The summed E-state index contributed by atoms with van der Waals surface area (Å²) in [6, 6.07) is 3.75. The molecule has 0 aliphatic heterocycles. The van der Waals surface area contributed by atoms with Crippen molar-refractivity contribution in [2.45, 2.75) is 6.92 Å². The Morgan fingerprint density at radius 1 is 1.75 bits per heavy atom. The van der Waals surface area contributed by atoms with Gasteiger partial charge in [-0.3, -0.25) is 0 Å². The normalized spacial score (nSPS) is 11.7. The van der Waals surface area contributed by atoms with E-state index in [1.807, 2.05) is 25.1 Å². The SMILES string of the molecule is C=C(CN)/C(C)=C/c1ccco1. The smallest absolute Gasteiger partial charge is 0.126 e. The Bertz CT molecular complexity index is 283. The molecule has 1 aromatic rings. The van der Waals surface area contributed by atoms with Crippen LogP contribution in [0.2, 0.25) is 0 Å². The molecule has 0 unspecified atom stereocenters. The summed E-state index contributed by atoms with van der Waals surface area (Å²) < 4.78 is 5.14. The van der Waals surface area contributed by atoms with Gasteiger partial charge in [-0.15, -0.1) is 0 Å². The molecule has 0 aliphatic carbocycles. The van der Waals surface area contributed by atoms with Crippen molar-refractivity contribution in [3.05, 3.63) is 41.9 Å². The number of rotatable bonds is 3. The molecule has 2 N–H and O–H groups in total. The molecular formula is C10H13NO. The van der Waals surface area contributed by atoms with Gasteiger partial charge in [0.1, 0.15) is 5.76 Å². The molecule has 0 aliphatic rings. The molecule has 12 heavy (non-hydrogen) atoms. The summed E-state index contributed by atoms with van der Waals surface area (Å²) in [5.74, 6) is 0.835. The summed E-state index contributed by atoms with van der Waals surface area (Å²) in [5, 5.41) is 0. The predicted octanol–water partition coefficient (Wildman–Crippen LogP) is 2.20. The highest BCUT2D eigenvalue weighted by atomic mass is 16.3. The van der Waals surface area contributed by atoms with E-state index in [2.05, 4.69) is 6.58 Å². The van der Waals surface area contributed by atoms with E-state index in [1.54, 1.807) is 6.26 Å². The molecule has 1 aromatic heterocycles. The minimum atomic E-state index is 0.489. The van der Waals surface area contributed by atoms with Gasteiger partial charge in [-0.25, -0.2) is 0 Å². The van der Waals surface area contributed by atoms with Crippen molar-refractivity contribution < 1.29 is 4.42 Å². The molecule has 0 saturated carbocycles. The summed E-state index contributed by atoms with van der Waals surface area (Å²) in [4.78, 5) is 0. The molecule has 0 atom stereocenters. The number of furan rings is 1. The van der Waals surface area contributed by atoms with Gasteiger partial charge in [0.05, 0.1) is 6.26 Å². The topological polar surface area (TPSA) is 39.2 Å². The highest BCUT2D eigenvalue weighted by Crippen LogP contribution is 2.11. The molecule has 0 spiro atoms. The van der Waals surface area contributed by atoms with Gasteiger partial charge in [-0.2, -0.15) is 0 Å². The molecule has 0 saturated heterocycles. The summed E-state index contributed by atoms with van der Waals surface area (Å²) in [6.07, 6.45) is 3.57. The fourth-order valence-electron chi connectivity index (χ4n) is 0.850. The van der Waals surface area contributed by atoms with E-state index >= 15 is 0 Å². The number of hydrogen-bond donors (Lipinski definition) is 1. The second-order valence-electron chi connectivity index (χ2n) is 2.65. The first-order valence-corrected chi connectivity index (χ1v) is 3.84. The zero-order valence-electron chi connectivity index (χ0n) is 7.21. The van der Waals surface area contributed by atoms with Crippen LogP contribution in [0.3, 0.4) is 0 Å². The van der Waals surface area contributed by atoms with Gasteiger partial charge < -0.3 is 10.2 Å². The van der Waals surface area contributed by atoms with Crippen LogP contribution in [-0.4, -0.2) is 6.54 Å². The Labute approximate surface area is 72.4 Å². The van der Waals surface area contributed by atoms with Crippen LogP contribution >= 0.6 is 0 Å². The van der Waals surface area contributed by atoms with Crippen LogP contribution in [0.4, 0.5) is 0 Å². The Balaban J connectivity index is 2.76. The first-order valence-electron chi connectivity index (χ1n) is 3.84. The Kier molecular flexibility index (Phi) is 2.88. The molecule has 0 bridgehead atoms. The van der Waals surface area contributed by atoms with E-state index in [0.29, 0.717) is 6.54 Å². The van der Waals surface area contributed by atoms with Gasteiger partial charge in [0.2, 0.25) is 0 Å². The zero-order valence-corrected chi connectivity index (χ0v) is 7.21. The molecule has 1 rings (SSSR count). The van der Waals surface area contributed by atoms with Gasteiger partial charge >= 0.3 is 0 Å². The van der Waals surface area contributed by atoms with E-state index in [4.69, 9.17) is 10.2 Å². The molecule has 0 fully saturated rings. The maximum atomic E-state index is 5.43. The minimum absolute atomic E-state index is 0.489. The monoisotopic (exact) mass is 163 g/mol. The first kappa shape index (κ1) is 8.81. The first-order chi connectivity index (χ1) is 5.74. The molecule has 0 aromatic carbocycles. The van der Waals surface area contributed by atoms with Crippen molar-refractivity contribution in [3.8, 4) is 0 Å². The maximum Gasteiger partial charge on any atom is 0.126 e. The lowest BCUT2D eigenvalue weighted by Gasteiger charge is -2.00. The molecule has 0 amide bonds. The second kappa shape index (κ2) is 3.93. The van der Waals surface area contributed by atoms with Crippen molar-refractivity contribution in [2.24, 2.45) is 5.73 Å². The highest BCUT2D eigenvalue weighted by molar-refractivity contribution is 5.53.